The molecule has 1 aliphatic heterocycles. The lowest BCUT2D eigenvalue weighted by Crippen LogP contribution is -2.32. The number of hydrogen-bond acceptors (Lipinski definition) is 5. The Hall–Kier alpha value is -2.99. The number of ether oxygens (including phenoxy) is 1. The van der Waals surface area contributed by atoms with E-state index < -0.39 is 24.4 Å². The van der Waals surface area contributed by atoms with Crippen LogP contribution in [0.5, 0.6) is 0 Å². The van der Waals surface area contributed by atoms with Crippen LogP contribution in [0.2, 0.25) is 5.02 Å². The molecule has 0 aliphatic carbocycles. The van der Waals surface area contributed by atoms with Crippen molar-refractivity contribution >= 4 is 35.2 Å². The first kappa shape index (κ1) is 17.8. The molecule has 132 valence electrons. The molecule has 0 bridgehead atoms. The van der Waals surface area contributed by atoms with Crippen molar-refractivity contribution in [1.29, 1.82) is 0 Å². The molecule has 0 fully saturated rings. The number of carbonyl (C=O) groups is 4. The Morgan fingerprint density at radius 2 is 1.50 bits per heavy atom. The quantitative estimate of drug-likeness (QED) is 0.443. The van der Waals surface area contributed by atoms with Crippen molar-refractivity contribution in [3.05, 3.63) is 70.2 Å². The molecule has 1 aliphatic rings. The fourth-order valence-electron chi connectivity index (χ4n) is 2.58. The number of rotatable bonds is 6. The zero-order valence-electron chi connectivity index (χ0n) is 13.6. The molecule has 0 saturated carbocycles. The summed E-state index contributed by atoms with van der Waals surface area (Å²) in [6.45, 7) is -0.511. The SMILES string of the molecule is O=C(CCN1C(=O)c2ccccc2C1=O)OCC(=O)c1ccc(Cl)cc1. The van der Waals surface area contributed by atoms with Gasteiger partial charge in [0.25, 0.3) is 11.8 Å². The van der Waals surface area contributed by atoms with Crippen LogP contribution in [0.4, 0.5) is 0 Å². The first-order valence-electron chi connectivity index (χ1n) is 7.87. The first-order valence-corrected chi connectivity index (χ1v) is 8.25. The summed E-state index contributed by atoms with van der Waals surface area (Å²) >= 11 is 5.75. The lowest BCUT2D eigenvalue weighted by molar-refractivity contribution is -0.142. The number of hydrogen-bond donors (Lipinski definition) is 0. The minimum absolute atomic E-state index is 0.0969. The van der Waals surface area contributed by atoms with E-state index in [0.29, 0.717) is 21.7 Å². The molecule has 0 radical (unpaired) electrons. The van der Waals surface area contributed by atoms with Crippen LogP contribution in [0.15, 0.2) is 48.5 Å². The van der Waals surface area contributed by atoms with E-state index in [2.05, 4.69) is 0 Å². The lowest BCUT2D eigenvalue weighted by Gasteiger charge is -2.13. The maximum absolute atomic E-state index is 12.2. The molecule has 0 N–H and O–H groups in total. The van der Waals surface area contributed by atoms with Gasteiger partial charge in [0.15, 0.2) is 12.4 Å². The highest BCUT2D eigenvalue weighted by Gasteiger charge is 2.35. The molecule has 3 rings (SSSR count). The summed E-state index contributed by atoms with van der Waals surface area (Å²) in [5.74, 6) is -1.90. The van der Waals surface area contributed by atoms with Gasteiger partial charge in [0.1, 0.15) is 0 Å². The molecule has 0 aromatic heterocycles. The Bertz CT molecular complexity index is 856. The van der Waals surface area contributed by atoms with E-state index in [0.717, 1.165) is 4.90 Å². The summed E-state index contributed by atoms with van der Waals surface area (Å²) in [6, 6.07) is 12.7. The molecule has 2 aromatic rings. The highest BCUT2D eigenvalue weighted by molar-refractivity contribution is 6.30. The molecule has 0 unspecified atom stereocenters. The Morgan fingerprint density at radius 3 is 2.08 bits per heavy atom. The fourth-order valence-corrected chi connectivity index (χ4v) is 2.71. The Balaban J connectivity index is 1.50. The van der Waals surface area contributed by atoms with Gasteiger partial charge in [-0.05, 0) is 36.4 Å². The third kappa shape index (κ3) is 3.65. The normalized spacial score (nSPS) is 12.9. The average Bonchev–Trinajstić information content (AvgIpc) is 2.89. The fraction of sp³-hybridized carbons (Fsp3) is 0.158. The Labute approximate surface area is 154 Å². The van der Waals surface area contributed by atoms with Gasteiger partial charge >= 0.3 is 5.97 Å². The van der Waals surface area contributed by atoms with Crippen molar-refractivity contribution in [2.75, 3.05) is 13.2 Å². The second kappa shape index (κ2) is 7.49. The third-order valence-corrected chi connectivity index (χ3v) is 4.20. The molecular formula is C19H14ClNO5. The monoisotopic (exact) mass is 371 g/mol. The lowest BCUT2D eigenvalue weighted by atomic mass is 10.1. The topological polar surface area (TPSA) is 80.8 Å². The molecule has 6 nitrogen and oxygen atoms in total. The van der Waals surface area contributed by atoms with E-state index in [1.165, 1.54) is 12.1 Å². The van der Waals surface area contributed by atoms with Crippen LogP contribution >= 0.6 is 11.6 Å². The number of carbonyl (C=O) groups excluding carboxylic acids is 4. The minimum Gasteiger partial charge on any atom is -0.457 e. The number of esters is 1. The highest BCUT2D eigenvalue weighted by Crippen LogP contribution is 2.22. The number of nitrogens with zero attached hydrogens (tertiary/aromatic N) is 1. The van der Waals surface area contributed by atoms with Gasteiger partial charge in [0, 0.05) is 17.1 Å². The molecule has 2 aromatic carbocycles. The van der Waals surface area contributed by atoms with Crippen molar-refractivity contribution in [1.82, 2.24) is 4.90 Å². The van der Waals surface area contributed by atoms with E-state index in [1.54, 1.807) is 36.4 Å². The molecule has 0 spiro atoms. The minimum atomic E-state index is -0.663. The summed E-state index contributed by atoms with van der Waals surface area (Å²) in [5.41, 5.74) is 1.02. The van der Waals surface area contributed by atoms with E-state index in [-0.39, 0.29) is 18.7 Å². The number of Topliss-reactive ketones (excluding diaryl/α,β-unsaturated/α-hetero) is 1. The van der Waals surface area contributed by atoms with Gasteiger partial charge in [0.2, 0.25) is 0 Å². The van der Waals surface area contributed by atoms with Gasteiger partial charge < -0.3 is 4.74 Å². The smallest absolute Gasteiger partial charge is 0.308 e. The van der Waals surface area contributed by atoms with Crippen LogP contribution < -0.4 is 0 Å². The van der Waals surface area contributed by atoms with Crippen LogP contribution in [0.3, 0.4) is 0 Å². The van der Waals surface area contributed by atoms with Crippen molar-refractivity contribution in [2.45, 2.75) is 6.42 Å². The van der Waals surface area contributed by atoms with Crippen molar-refractivity contribution in [2.24, 2.45) is 0 Å². The second-order valence-corrected chi connectivity index (χ2v) is 6.08. The second-order valence-electron chi connectivity index (χ2n) is 5.65. The predicted octanol–water partition coefficient (Wildman–Crippen LogP) is 2.75. The third-order valence-electron chi connectivity index (χ3n) is 3.95. The van der Waals surface area contributed by atoms with Gasteiger partial charge in [-0.15, -0.1) is 0 Å². The number of imide groups is 1. The summed E-state index contributed by atoms with van der Waals surface area (Å²) in [6.07, 6.45) is -0.181. The van der Waals surface area contributed by atoms with E-state index in [9.17, 15) is 19.2 Å². The summed E-state index contributed by atoms with van der Waals surface area (Å²) in [7, 11) is 0. The zero-order valence-corrected chi connectivity index (χ0v) is 14.4. The number of benzene rings is 2. The van der Waals surface area contributed by atoms with Gasteiger partial charge in [0.05, 0.1) is 17.5 Å². The van der Waals surface area contributed by atoms with Gasteiger partial charge in [-0.2, -0.15) is 0 Å². The largest absolute Gasteiger partial charge is 0.457 e. The Morgan fingerprint density at radius 1 is 0.923 bits per heavy atom. The predicted molar refractivity (Wildman–Crippen MR) is 93.2 cm³/mol. The molecule has 26 heavy (non-hydrogen) atoms. The van der Waals surface area contributed by atoms with Crippen LogP contribution in [0, 0.1) is 0 Å². The first-order chi connectivity index (χ1) is 12.5. The summed E-state index contributed by atoms with van der Waals surface area (Å²) in [5, 5.41) is 0.500. The zero-order chi connectivity index (χ0) is 18.7. The van der Waals surface area contributed by atoms with Crippen LogP contribution in [0.25, 0.3) is 0 Å². The van der Waals surface area contributed by atoms with Crippen LogP contribution in [-0.4, -0.2) is 41.6 Å². The van der Waals surface area contributed by atoms with Crippen molar-refractivity contribution in [3.8, 4) is 0 Å². The van der Waals surface area contributed by atoms with E-state index in [1.807, 2.05) is 0 Å². The Kier molecular flexibility index (Phi) is 5.14. The van der Waals surface area contributed by atoms with Crippen LogP contribution in [-0.2, 0) is 9.53 Å². The van der Waals surface area contributed by atoms with Crippen molar-refractivity contribution in [3.63, 3.8) is 0 Å². The van der Waals surface area contributed by atoms with E-state index >= 15 is 0 Å². The summed E-state index contributed by atoms with van der Waals surface area (Å²) in [4.78, 5) is 49.1. The number of fused-ring (bicyclic) bond motifs is 1. The summed E-state index contributed by atoms with van der Waals surface area (Å²) < 4.78 is 4.93. The van der Waals surface area contributed by atoms with Crippen LogP contribution in [0.1, 0.15) is 37.5 Å². The van der Waals surface area contributed by atoms with Crippen molar-refractivity contribution < 1.29 is 23.9 Å². The molecule has 0 atom stereocenters. The highest BCUT2D eigenvalue weighted by atomic mass is 35.5. The van der Waals surface area contributed by atoms with E-state index in [4.69, 9.17) is 16.3 Å². The standard InChI is InChI=1S/C19H14ClNO5/c20-13-7-5-12(6-8-13)16(22)11-26-17(23)9-10-21-18(24)14-3-1-2-4-15(14)19(21)25/h1-8H,9-11H2. The maximum atomic E-state index is 12.2. The van der Waals surface area contributed by atoms with Gasteiger partial charge in [-0.1, -0.05) is 23.7 Å². The molecule has 1 heterocycles. The average molecular weight is 372 g/mol. The molecule has 0 saturated heterocycles. The maximum Gasteiger partial charge on any atom is 0.308 e. The molecule has 7 heteroatoms. The van der Waals surface area contributed by atoms with Gasteiger partial charge in [-0.3, -0.25) is 24.1 Å². The van der Waals surface area contributed by atoms with Gasteiger partial charge in [-0.25, -0.2) is 0 Å². The number of amides is 2. The number of ketones is 1. The molecule has 2 amide bonds. The number of halogens is 1. The molecular weight excluding hydrogens is 358 g/mol.